The van der Waals surface area contributed by atoms with Gasteiger partial charge in [-0.3, -0.25) is 4.79 Å². The summed E-state index contributed by atoms with van der Waals surface area (Å²) in [5.41, 5.74) is 6.14. The normalized spacial score (nSPS) is 17.8. The molecule has 0 amide bonds. The summed E-state index contributed by atoms with van der Waals surface area (Å²) in [6.07, 6.45) is 6.67. The molecule has 4 heterocycles. The fourth-order valence-corrected chi connectivity index (χ4v) is 5.86. The Balaban J connectivity index is 1.37. The Bertz CT molecular complexity index is 1590. The van der Waals surface area contributed by atoms with Crippen molar-refractivity contribution in [2.24, 2.45) is 0 Å². The minimum absolute atomic E-state index is 0.156. The van der Waals surface area contributed by atoms with Gasteiger partial charge in [0.05, 0.1) is 6.54 Å². The smallest absolute Gasteiger partial charge is 0.278 e. The summed E-state index contributed by atoms with van der Waals surface area (Å²) in [5, 5.41) is 3.81. The van der Waals surface area contributed by atoms with E-state index < -0.39 is 0 Å². The number of nitrogens with one attached hydrogen (secondary N) is 1. The van der Waals surface area contributed by atoms with E-state index in [-0.39, 0.29) is 5.56 Å². The summed E-state index contributed by atoms with van der Waals surface area (Å²) in [6, 6.07) is 10.5. The standard InChI is InChI=1S/C30H36N8O/c1-5-13-37-29(39)24-19-31-30(32-23-10-11-25(21(3)18-23)36-16-14-35(4)15-17-36)34-28(24)38(37)26-12-9-22-8-6-7-20(2)27(22)33-26/h5,9-12,18-20H,1,6-8,13-17H2,2-4H3,(H,31,32,34). The number of fused-ring (bicyclic) bond motifs is 2. The number of benzene rings is 1. The Morgan fingerprint density at radius 2 is 1.95 bits per heavy atom. The molecule has 202 valence electrons. The molecule has 1 aliphatic carbocycles. The van der Waals surface area contributed by atoms with Gasteiger partial charge < -0.3 is 15.1 Å². The van der Waals surface area contributed by atoms with E-state index in [2.05, 4.69) is 71.8 Å². The molecule has 3 aromatic heterocycles. The van der Waals surface area contributed by atoms with Gasteiger partial charge in [-0.2, -0.15) is 4.98 Å². The second-order valence-electron chi connectivity index (χ2n) is 10.8. The predicted molar refractivity (Wildman–Crippen MR) is 157 cm³/mol. The molecular formula is C30H36N8O. The van der Waals surface area contributed by atoms with Crippen molar-refractivity contribution in [2.45, 2.75) is 45.6 Å². The van der Waals surface area contributed by atoms with Gasteiger partial charge in [0.1, 0.15) is 5.39 Å². The molecule has 1 unspecified atom stereocenters. The van der Waals surface area contributed by atoms with Gasteiger partial charge in [-0.05, 0) is 74.5 Å². The number of hydrogen-bond donors (Lipinski definition) is 1. The molecule has 0 saturated carbocycles. The molecule has 6 rings (SSSR count). The van der Waals surface area contributed by atoms with E-state index in [4.69, 9.17) is 9.97 Å². The van der Waals surface area contributed by atoms with Gasteiger partial charge >= 0.3 is 0 Å². The van der Waals surface area contributed by atoms with Crippen LogP contribution in [0.25, 0.3) is 16.9 Å². The van der Waals surface area contributed by atoms with Crippen molar-refractivity contribution in [1.82, 2.24) is 29.2 Å². The lowest BCUT2D eigenvalue weighted by Gasteiger charge is -2.35. The summed E-state index contributed by atoms with van der Waals surface area (Å²) < 4.78 is 3.45. The van der Waals surface area contributed by atoms with Gasteiger partial charge in [-0.15, -0.1) is 6.58 Å². The Kier molecular flexibility index (Phi) is 6.68. The number of hydrogen-bond acceptors (Lipinski definition) is 7. The number of pyridine rings is 1. The van der Waals surface area contributed by atoms with Crippen molar-refractivity contribution in [3.8, 4) is 5.82 Å². The average Bonchev–Trinajstić information content (AvgIpc) is 3.20. The van der Waals surface area contributed by atoms with Crippen LogP contribution in [0.3, 0.4) is 0 Å². The average molecular weight is 525 g/mol. The zero-order valence-corrected chi connectivity index (χ0v) is 23.0. The molecule has 1 fully saturated rings. The van der Waals surface area contributed by atoms with Crippen molar-refractivity contribution in [3.05, 3.63) is 76.4 Å². The van der Waals surface area contributed by atoms with Crippen molar-refractivity contribution in [1.29, 1.82) is 0 Å². The predicted octanol–water partition coefficient (Wildman–Crippen LogP) is 4.41. The lowest BCUT2D eigenvalue weighted by Crippen LogP contribution is -2.44. The molecular weight excluding hydrogens is 488 g/mol. The first-order chi connectivity index (χ1) is 18.9. The third-order valence-electron chi connectivity index (χ3n) is 8.04. The molecule has 2 aliphatic rings. The summed E-state index contributed by atoms with van der Waals surface area (Å²) >= 11 is 0. The highest BCUT2D eigenvalue weighted by Crippen LogP contribution is 2.31. The van der Waals surface area contributed by atoms with Crippen LogP contribution in [0.5, 0.6) is 0 Å². The van der Waals surface area contributed by atoms with E-state index in [1.54, 1.807) is 17.0 Å². The quantitative estimate of drug-likeness (QED) is 0.374. The van der Waals surface area contributed by atoms with E-state index in [0.29, 0.717) is 35.3 Å². The Morgan fingerprint density at radius 1 is 1.13 bits per heavy atom. The van der Waals surface area contributed by atoms with Crippen molar-refractivity contribution in [3.63, 3.8) is 0 Å². The zero-order valence-electron chi connectivity index (χ0n) is 23.0. The number of likely N-dealkylation sites (N-methyl/N-ethyl adjacent to an activating group) is 1. The van der Waals surface area contributed by atoms with Crippen LogP contribution in [-0.2, 0) is 13.0 Å². The number of anilines is 3. The third-order valence-corrected chi connectivity index (χ3v) is 8.04. The van der Waals surface area contributed by atoms with Gasteiger partial charge in [0.25, 0.3) is 5.56 Å². The molecule has 39 heavy (non-hydrogen) atoms. The SMILES string of the molecule is C=CCn1c(=O)c2cnc(Nc3ccc(N4CCN(C)CC4)c(C)c3)nc2n1-c1ccc2c(n1)C(C)CCC2. The molecule has 1 aliphatic heterocycles. The van der Waals surface area contributed by atoms with Gasteiger partial charge in [-0.25, -0.2) is 19.3 Å². The maximum Gasteiger partial charge on any atom is 0.278 e. The molecule has 0 bridgehead atoms. The summed E-state index contributed by atoms with van der Waals surface area (Å²) in [6.45, 7) is 12.8. The summed E-state index contributed by atoms with van der Waals surface area (Å²) in [7, 11) is 2.17. The first-order valence-electron chi connectivity index (χ1n) is 13.8. The molecule has 0 radical (unpaired) electrons. The maximum absolute atomic E-state index is 13.3. The lowest BCUT2D eigenvalue weighted by molar-refractivity contribution is 0.312. The van der Waals surface area contributed by atoms with Crippen molar-refractivity contribution in [2.75, 3.05) is 43.4 Å². The van der Waals surface area contributed by atoms with Crippen LogP contribution in [0, 0.1) is 6.92 Å². The van der Waals surface area contributed by atoms with Gasteiger partial charge in [0.2, 0.25) is 5.95 Å². The van der Waals surface area contributed by atoms with E-state index >= 15 is 0 Å². The molecule has 1 saturated heterocycles. The summed E-state index contributed by atoms with van der Waals surface area (Å²) in [4.78, 5) is 32.5. The van der Waals surface area contributed by atoms with Crippen LogP contribution in [0.15, 0.2) is 54.0 Å². The fourth-order valence-electron chi connectivity index (χ4n) is 5.86. The highest BCUT2D eigenvalue weighted by atomic mass is 16.1. The Labute approximate surface area is 228 Å². The minimum atomic E-state index is -0.156. The molecule has 1 N–H and O–H groups in total. The second kappa shape index (κ2) is 10.3. The van der Waals surface area contributed by atoms with Crippen LogP contribution < -0.4 is 15.8 Å². The number of rotatable bonds is 6. The highest BCUT2D eigenvalue weighted by molar-refractivity contribution is 5.77. The van der Waals surface area contributed by atoms with Crippen LogP contribution >= 0.6 is 0 Å². The van der Waals surface area contributed by atoms with E-state index in [0.717, 1.165) is 50.4 Å². The van der Waals surface area contributed by atoms with E-state index in [9.17, 15) is 4.79 Å². The number of piperazine rings is 1. The third kappa shape index (κ3) is 4.71. The van der Waals surface area contributed by atoms with E-state index in [1.807, 2.05) is 10.7 Å². The topological polar surface area (TPSA) is 84.1 Å². The second-order valence-corrected chi connectivity index (χ2v) is 10.8. The lowest BCUT2D eigenvalue weighted by atomic mass is 9.88. The number of nitrogens with zero attached hydrogens (tertiary/aromatic N) is 7. The van der Waals surface area contributed by atoms with Crippen molar-refractivity contribution < 1.29 is 0 Å². The van der Waals surface area contributed by atoms with Crippen LogP contribution in [0.2, 0.25) is 0 Å². The fraction of sp³-hybridized carbons (Fsp3) is 0.400. The van der Waals surface area contributed by atoms with Crippen LogP contribution in [0.1, 0.15) is 42.5 Å². The van der Waals surface area contributed by atoms with Gasteiger partial charge in [-0.1, -0.05) is 19.1 Å². The highest BCUT2D eigenvalue weighted by Gasteiger charge is 2.22. The Hall–Kier alpha value is -3.98. The molecule has 0 spiro atoms. The minimum Gasteiger partial charge on any atom is -0.369 e. The Morgan fingerprint density at radius 3 is 2.72 bits per heavy atom. The molecule has 1 atom stereocenters. The maximum atomic E-state index is 13.3. The van der Waals surface area contributed by atoms with Gasteiger partial charge in [0, 0.05) is 49.4 Å². The van der Waals surface area contributed by atoms with Crippen LogP contribution in [0.4, 0.5) is 17.3 Å². The van der Waals surface area contributed by atoms with Crippen molar-refractivity contribution >= 4 is 28.4 Å². The molecule has 1 aromatic carbocycles. The largest absolute Gasteiger partial charge is 0.369 e. The monoisotopic (exact) mass is 524 g/mol. The molecule has 9 heteroatoms. The van der Waals surface area contributed by atoms with Crippen LogP contribution in [-0.4, -0.2) is 62.4 Å². The van der Waals surface area contributed by atoms with E-state index in [1.165, 1.54) is 23.2 Å². The molecule has 9 nitrogen and oxygen atoms in total. The summed E-state index contributed by atoms with van der Waals surface area (Å²) in [5.74, 6) is 1.51. The van der Waals surface area contributed by atoms with Gasteiger partial charge in [0.15, 0.2) is 11.5 Å². The molecule has 4 aromatic rings. The zero-order chi connectivity index (χ0) is 27.1. The number of aromatic nitrogens is 5. The number of allylic oxidation sites excluding steroid dienone is 1. The number of aryl methyl sites for hydroxylation is 2. The first-order valence-corrected chi connectivity index (χ1v) is 13.8. The first kappa shape index (κ1) is 25.3.